The van der Waals surface area contributed by atoms with Gasteiger partial charge < -0.3 is 14.8 Å². The van der Waals surface area contributed by atoms with Crippen molar-refractivity contribution in [3.05, 3.63) is 90.3 Å². The summed E-state index contributed by atoms with van der Waals surface area (Å²) in [5.41, 5.74) is 1.86. The molecule has 9 heteroatoms. The molecule has 0 saturated heterocycles. The molecule has 0 saturated carbocycles. The summed E-state index contributed by atoms with van der Waals surface area (Å²) in [6.07, 6.45) is 1.47. The Labute approximate surface area is 218 Å². The fraction of sp³-hybridized carbons (Fsp3) is 0.0833. The summed E-state index contributed by atoms with van der Waals surface area (Å²) >= 11 is 19.0. The van der Waals surface area contributed by atoms with Crippen LogP contribution in [0.5, 0.6) is 11.5 Å². The van der Waals surface area contributed by atoms with Gasteiger partial charge in [-0.3, -0.25) is 4.79 Å². The second-order valence-electron chi connectivity index (χ2n) is 6.69. The minimum Gasteiger partial charge on any atom is -0.493 e. The highest BCUT2D eigenvalue weighted by atomic mass is 79.9. The molecule has 3 aromatic rings. The molecular formula is C24H16Br2Cl2N2O3. The van der Waals surface area contributed by atoms with Crippen molar-refractivity contribution >= 4 is 72.7 Å². The summed E-state index contributed by atoms with van der Waals surface area (Å²) in [4.78, 5) is 12.6. The van der Waals surface area contributed by atoms with E-state index in [4.69, 9.17) is 32.7 Å². The van der Waals surface area contributed by atoms with Crippen molar-refractivity contribution < 1.29 is 14.3 Å². The second-order valence-corrected chi connectivity index (χ2v) is 9.30. The minimum atomic E-state index is -0.521. The predicted molar refractivity (Wildman–Crippen MR) is 138 cm³/mol. The lowest BCUT2D eigenvalue weighted by molar-refractivity contribution is -0.112. The number of nitriles is 1. The van der Waals surface area contributed by atoms with Gasteiger partial charge in [0, 0.05) is 25.8 Å². The molecule has 0 radical (unpaired) electrons. The summed E-state index contributed by atoms with van der Waals surface area (Å²) in [6.45, 7) is 0.194. The first-order valence-corrected chi connectivity index (χ1v) is 11.8. The molecule has 0 atom stereocenters. The molecule has 0 unspecified atom stereocenters. The number of rotatable bonds is 7. The summed E-state index contributed by atoms with van der Waals surface area (Å²) in [5.74, 6) is 0.359. The average Bonchev–Trinajstić information content (AvgIpc) is 2.78. The van der Waals surface area contributed by atoms with Crippen molar-refractivity contribution in [3.8, 4) is 17.6 Å². The van der Waals surface area contributed by atoms with Gasteiger partial charge in [0.1, 0.15) is 18.2 Å². The Hall–Kier alpha value is -2.50. The van der Waals surface area contributed by atoms with Gasteiger partial charge in [0.05, 0.1) is 11.6 Å². The van der Waals surface area contributed by atoms with Gasteiger partial charge in [-0.2, -0.15) is 5.26 Å². The smallest absolute Gasteiger partial charge is 0.266 e. The van der Waals surface area contributed by atoms with E-state index in [0.29, 0.717) is 37.3 Å². The normalized spacial score (nSPS) is 11.0. The van der Waals surface area contributed by atoms with E-state index in [1.165, 1.54) is 13.2 Å². The van der Waals surface area contributed by atoms with Crippen molar-refractivity contribution in [3.63, 3.8) is 0 Å². The van der Waals surface area contributed by atoms with Crippen LogP contribution in [0.25, 0.3) is 6.08 Å². The van der Waals surface area contributed by atoms with Gasteiger partial charge in [0.25, 0.3) is 5.91 Å². The lowest BCUT2D eigenvalue weighted by Crippen LogP contribution is -2.13. The zero-order valence-electron chi connectivity index (χ0n) is 17.2. The van der Waals surface area contributed by atoms with E-state index in [2.05, 4.69) is 37.2 Å². The molecule has 5 nitrogen and oxygen atoms in total. The van der Waals surface area contributed by atoms with Crippen LogP contribution in [0.1, 0.15) is 11.1 Å². The Balaban J connectivity index is 1.82. The maximum absolute atomic E-state index is 12.6. The fourth-order valence-corrected chi connectivity index (χ4v) is 4.10. The standard InChI is InChI=1S/C24H16Br2Cl2N2O3/c1-32-22-10-14(8-16(12-29)24(31)30-19-6-3-17(25)4-7-19)9-20(26)23(22)33-13-15-2-5-18(27)11-21(15)28/h2-11H,13H2,1H3,(H,30,31)/b16-8-. The number of halogens is 4. The van der Waals surface area contributed by atoms with Gasteiger partial charge in [-0.15, -0.1) is 0 Å². The number of hydrogen-bond donors (Lipinski definition) is 1. The molecule has 0 bridgehead atoms. The van der Waals surface area contributed by atoms with Gasteiger partial charge in [0.15, 0.2) is 11.5 Å². The number of nitrogens with zero attached hydrogens (tertiary/aromatic N) is 1. The number of methoxy groups -OCH3 is 1. The van der Waals surface area contributed by atoms with Gasteiger partial charge in [-0.25, -0.2) is 0 Å². The lowest BCUT2D eigenvalue weighted by Gasteiger charge is -2.14. The molecule has 1 N–H and O–H groups in total. The third-order valence-corrected chi connectivity index (χ3v) is 6.12. The number of anilines is 1. The third-order valence-electron chi connectivity index (χ3n) is 4.42. The van der Waals surface area contributed by atoms with Crippen LogP contribution in [0.3, 0.4) is 0 Å². The Bertz CT molecular complexity index is 1260. The Morgan fingerprint density at radius 2 is 1.85 bits per heavy atom. The first-order chi connectivity index (χ1) is 15.8. The van der Waals surface area contributed by atoms with E-state index >= 15 is 0 Å². The molecule has 0 aromatic heterocycles. The molecule has 0 aliphatic carbocycles. The monoisotopic (exact) mass is 608 g/mol. The second kappa shape index (κ2) is 11.6. The Morgan fingerprint density at radius 1 is 1.12 bits per heavy atom. The van der Waals surface area contributed by atoms with E-state index in [1.807, 2.05) is 6.07 Å². The Kier molecular flexibility index (Phi) is 8.81. The summed E-state index contributed by atoms with van der Waals surface area (Å²) in [7, 11) is 1.50. The quantitative estimate of drug-likeness (QED) is 0.220. The molecule has 33 heavy (non-hydrogen) atoms. The summed E-state index contributed by atoms with van der Waals surface area (Å²) in [6, 6.07) is 17.6. The first-order valence-electron chi connectivity index (χ1n) is 9.43. The highest BCUT2D eigenvalue weighted by Gasteiger charge is 2.15. The molecule has 0 fully saturated rings. The molecule has 168 valence electrons. The van der Waals surface area contributed by atoms with Crippen LogP contribution in [0.15, 0.2) is 69.1 Å². The highest BCUT2D eigenvalue weighted by molar-refractivity contribution is 9.10. The number of amides is 1. The maximum atomic E-state index is 12.6. The number of hydrogen-bond acceptors (Lipinski definition) is 4. The van der Waals surface area contributed by atoms with Gasteiger partial charge in [-0.1, -0.05) is 45.2 Å². The van der Waals surface area contributed by atoms with Crippen LogP contribution >= 0.6 is 55.1 Å². The Morgan fingerprint density at radius 3 is 2.48 bits per heavy atom. The number of ether oxygens (including phenoxy) is 2. The zero-order chi connectivity index (χ0) is 24.0. The number of carbonyl (C=O) groups excluding carboxylic acids is 1. The lowest BCUT2D eigenvalue weighted by atomic mass is 10.1. The molecule has 0 spiro atoms. The van der Waals surface area contributed by atoms with Crippen molar-refractivity contribution in [1.29, 1.82) is 5.26 Å². The van der Waals surface area contributed by atoms with Crippen LogP contribution < -0.4 is 14.8 Å². The average molecular weight is 611 g/mol. The van der Waals surface area contributed by atoms with Gasteiger partial charge in [0.2, 0.25) is 0 Å². The molecule has 0 heterocycles. The predicted octanol–water partition coefficient (Wildman–Crippen LogP) is 7.65. The fourth-order valence-electron chi connectivity index (χ4n) is 2.80. The van der Waals surface area contributed by atoms with Crippen LogP contribution in [0.4, 0.5) is 5.69 Å². The number of benzene rings is 3. The van der Waals surface area contributed by atoms with Gasteiger partial charge in [-0.05, 0) is 76.1 Å². The molecule has 3 rings (SSSR count). The number of nitrogens with one attached hydrogen (secondary N) is 1. The van der Waals surface area contributed by atoms with Crippen molar-refractivity contribution in [2.75, 3.05) is 12.4 Å². The van der Waals surface area contributed by atoms with Crippen LogP contribution in [-0.4, -0.2) is 13.0 Å². The summed E-state index contributed by atoms with van der Waals surface area (Å²) < 4.78 is 12.9. The third kappa shape index (κ3) is 6.75. The van der Waals surface area contributed by atoms with Crippen LogP contribution in [-0.2, 0) is 11.4 Å². The van der Waals surface area contributed by atoms with Crippen molar-refractivity contribution in [2.45, 2.75) is 6.61 Å². The van der Waals surface area contributed by atoms with E-state index in [0.717, 1.165) is 10.0 Å². The topological polar surface area (TPSA) is 71.3 Å². The molecule has 3 aromatic carbocycles. The van der Waals surface area contributed by atoms with E-state index in [-0.39, 0.29) is 12.2 Å². The first kappa shape index (κ1) is 25.1. The SMILES string of the molecule is COc1cc(/C=C(/C#N)C(=O)Nc2ccc(Br)cc2)cc(Br)c1OCc1ccc(Cl)cc1Cl. The molecular weight excluding hydrogens is 595 g/mol. The summed E-state index contributed by atoms with van der Waals surface area (Å²) in [5, 5.41) is 13.2. The van der Waals surface area contributed by atoms with E-state index in [9.17, 15) is 10.1 Å². The molecule has 1 amide bonds. The van der Waals surface area contributed by atoms with Crippen molar-refractivity contribution in [1.82, 2.24) is 0 Å². The van der Waals surface area contributed by atoms with E-state index < -0.39 is 5.91 Å². The molecule has 0 aliphatic rings. The largest absolute Gasteiger partial charge is 0.493 e. The zero-order valence-corrected chi connectivity index (χ0v) is 21.8. The maximum Gasteiger partial charge on any atom is 0.266 e. The van der Waals surface area contributed by atoms with Gasteiger partial charge >= 0.3 is 0 Å². The van der Waals surface area contributed by atoms with Crippen LogP contribution in [0, 0.1) is 11.3 Å². The van der Waals surface area contributed by atoms with E-state index in [1.54, 1.807) is 54.6 Å². The minimum absolute atomic E-state index is 0.0616. The molecule has 0 aliphatic heterocycles. The van der Waals surface area contributed by atoms with Crippen LogP contribution in [0.2, 0.25) is 10.0 Å². The number of carbonyl (C=O) groups is 1. The van der Waals surface area contributed by atoms with Crippen molar-refractivity contribution in [2.24, 2.45) is 0 Å². The highest BCUT2D eigenvalue weighted by Crippen LogP contribution is 2.38.